The van der Waals surface area contributed by atoms with Crippen molar-refractivity contribution >= 4 is 11.7 Å². The molecule has 1 amide bonds. The third-order valence-electron chi connectivity index (χ3n) is 4.90. The number of aromatic nitrogens is 4. The summed E-state index contributed by atoms with van der Waals surface area (Å²) in [7, 11) is 0. The summed E-state index contributed by atoms with van der Waals surface area (Å²) in [5.74, 6) is 1.46. The van der Waals surface area contributed by atoms with Crippen molar-refractivity contribution in [2.24, 2.45) is 0 Å². The molecule has 1 aromatic carbocycles. The van der Waals surface area contributed by atoms with Gasteiger partial charge in [-0.15, -0.1) is 0 Å². The topological polar surface area (TPSA) is 104 Å². The molecule has 0 unspecified atom stereocenters. The highest BCUT2D eigenvalue weighted by molar-refractivity contribution is 5.92. The summed E-state index contributed by atoms with van der Waals surface area (Å²) < 4.78 is 5.49. The van der Waals surface area contributed by atoms with Crippen LogP contribution in [0.4, 0.5) is 5.82 Å². The van der Waals surface area contributed by atoms with E-state index >= 15 is 0 Å². The molecular formula is C21H22N6O3. The monoisotopic (exact) mass is 406 g/mol. The number of benzene rings is 1. The zero-order valence-corrected chi connectivity index (χ0v) is 16.6. The Balaban J connectivity index is 1.42. The summed E-state index contributed by atoms with van der Waals surface area (Å²) in [5.41, 5.74) is 1.73. The molecule has 3 heterocycles. The average Bonchev–Trinajstić information content (AvgIpc) is 2.80. The fourth-order valence-corrected chi connectivity index (χ4v) is 3.33. The number of aromatic amines is 1. The van der Waals surface area contributed by atoms with Crippen LogP contribution in [0, 0.1) is 0 Å². The van der Waals surface area contributed by atoms with E-state index in [0.717, 1.165) is 22.8 Å². The maximum absolute atomic E-state index is 12.6. The fourth-order valence-electron chi connectivity index (χ4n) is 3.33. The average molecular weight is 406 g/mol. The Kier molecular flexibility index (Phi) is 5.69. The van der Waals surface area contributed by atoms with E-state index in [-0.39, 0.29) is 17.2 Å². The lowest BCUT2D eigenvalue weighted by Crippen LogP contribution is -2.49. The number of carbonyl (C=O) groups excluding carboxylic acids is 1. The lowest BCUT2D eigenvalue weighted by atomic mass is 10.1. The van der Waals surface area contributed by atoms with Gasteiger partial charge in [0.2, 0.25) is 0 Å². The van der Waals surface area contributed by atoms with Crippen LogP contribution in [0.25, 0.3) is 11.3 Å². The summed E-state index contributed by atoms with van der Waals surface area (Å²) in [6, 6.07) is 12.5. The second-order valence-corrected chi connectivity index (χ2v) is 6.80. The predicted molar refractivity (Wildman–Crippen MR) is 112 cm³/mol. The molecule has 0 spiro atoms. The van der Waals surface area contributed by atoms with Crippen molar-refractivity contribution < 1.29 is 9.53 Å². The third kappa shape index (κ3) is 4.29. The molecule has 1 aliphatic heterocycles. The Bertz CT molecular complexity index is 1050. The van der Waals surface area contributed by atoms with Gasteiger partial charge in [-0.2, -0.15) is 5.10 Å². The highest BCUT2D eigenvalue weighted by Gasteiger charge is 2.24. The Morgan fingerprint density at radius 2 is 1.83 bits per heavy atom. The Labute approximate surface area is 173 Å². The highest BCUT2D eigenvalue weighted by Crippen LogP contribution is 2.24. The first-order valence-electron chi connectivity index (χ1n) is 9.79. The molecule has 2 aromatic heterocycles. The highest BCUT2D eigenvalue weighted by atomic mass is 16.5. The van der Waals surface area contributed by atoms with Crippen molar-refractivity contribution in [2.45, 2.75) is 6.92 Å². The second-order valence-electron chi connectivity index (χ2n) is 6.80. The van der Waals surface area contributed by atoms with Crippen LogP contribution in [0.15, 0.2) is 53.6 Å². The van der Waals surface area contributed by atoms with E-state index in [1.54, 1.807) is 11.2 Å². The minimum absolute atomic E-state index is 0.191. The van der Waals surface area contributed by atoms with Gasteiger partial charge in [0.25, 0.3) is 11.5 Å². The van der Waals surface area contributed by atoms with E-state index in [1.807, 2.05) is 37.3 Å². The number of rotatable bonds is 5. The molecule has 154 valence electrons. The van der Waals surface area contributed by atoms with Crippen LogP contribution in [0.3, 0.4) is 0 Å². The van der Waals surface area contributed by atoms with Crippen molar-refractivity contribution in [1.82, 2.24) is 25.1 Å². The summed E-state index contributed by atoms with van der Waals surface area (Å²) >= 11 is 0. The quantitative estimate of drug-likeness (QED) is 0.686. The fraction of sp³-hybridized carbons (Fsp3) is 0.286. The molecule has 9 nitrogen and oxygen atoms in total. The van der Waals surface area contributed by atoms with E-state index in [1.165, 1.54) is 12.1 Å². The Hall–Kier alpha value is -3.75. The Morgan fingerprint density at radius 3 is 2.50 bits per heavy atom. The molecule has 0 atom stereocenters. The normalized spacial score (nSPS) is 13.9. The lowest BCUT2D eigenvalue weighted by Gasteiger charge is -2.35. The van der Waals surface area contributed by atoms with Crippen molar-refractivity contribution in [2.75, 3.05) is 37.7 Å². The lowest BCUT2D eigenvalue weighted by molar-refractivity contribution is 0.0739. The number of hydrogen-bond acceptors (Lipinski definition) is 7. The van der Waals surface area contributed by atoms with E-state index in [2.05, 4.69) is 25.1 Å². The predicted octanol–water partition coefficient (Wildman–Crippen LogP) is 1.59. The third-order valence-corrected chi connectivity index (χ3v) is 4.90. The van der Waals surface area contributed by atoms with Crippen LogP contribution in [0.1, 0.15) is 17.4 Å². The molecule has 1 N–H and O–H groups in total. The molecule has 3 aromatic rings. The molecule has 4 rings (SSSR count). The number of piperazine rings is 1. The standard InChI is InChI=1S/C21H22N6O3/c1-2-30-16-5-3-15(4-6-16)18-13-19(23-14-22-18)26-9-11-27(12-10-26)21(29)17-7-8-20(28)25-24-17/h3-8,13-14H,2,9-12H2,1H3,(H,25,28). The van der Waals surface area contributed by atoms with Crippen LogP contribution in [0.2, 0.25) is 0 Å². The van der Waals surface area contributed by atoms with Gasteiger partial charge in [0.1, 0.15) is 23.6 Å². The minimum atomic E-state index is -0.330. The first-order valence-corrected chi connectivity index (χ1v) is 9.79. The molecule has 0 aliphatic carbocycles. The number of anilines is 1. The van der Waals surface area contributed by atoms with Gasteiger partial charge >= 0.3 is 0 Å². The summed E-state index contributed by atoms with van der Waals surface area (Å²) in [6.07, 6.45) is 1.56. The van der Waals surface area contributed by atoms with Gasteiger partial charge in [-0.1, -0.05) is 0 Å². The first kappa shape index (κ1) is 19.6. The zero-order valence-electron chi connectivity index (χ0n) is 16.6. The van der Waals surface area contributed by atoms with Crippen LogP contribution in [-0.4, -0.2) is 63.8 Å². The van der Waals surface area contributed by atoms with Gasteiger partial charge in [0.05, 0.1) is 12.3 Å². The van der Waals surface area contributed by atoms with Crippen LogP contribution in [-0.2, 0) is 0 Å². The molecular weight excluding hydrogens is 384 g/mol. The number of ether oxygens (including phenoxy) is 1. The number of amides is 1. The van der Waals surface area contributed by atoms with Gasteiger partial charge in [-0.05, 0) is 37.3 Å². The van der Waals surface area contributed by atoms with Gasteiger partial charge in [-0.25, -0.2) is 15.1 Å². The molecule has 30 heavy (non-hydrogen) atoms. The van der Waals surface area contributed by atoms with Crippen molar-refractivity contribution in [1.29, 1.82) is 0 Å². The SMILES string of the molecule is CCOc1ccc(-c2cc(N3CCN(C(=O)c4ccc(=O)[nH]n4)CC3)ncn2)cc1. The van der Waals surface area contributed by atoms with Gasteiger partial charge in [0.15, 0.2) is 0 Å². The summed E-state index contributed by atoms with van der Waals surface area (Å²) in [5, 5.41) is 6.12. The Morgan fingerprint density at radius 1 is 1.07 bits per heavy atom. The van der Waals surface area contributed by atoms with Crippen LogP contribution in [0.5, 0.6) is 5.75 Å². The number of nitrogens with zero attached hydrogens (tertiary/aromatic N) is 5. The molecule has 1 fully saturated rings. The van der Waals surface area contributed by atoms with Crippen LogP contribution < -0.4 is 15.2 Å². The second kappa shape index (κ2) is 8.73. The van der Waals surface area contributed by atoms with Crippen molar-refractivity contribution in [3.05, 3.63) is 64.8 Å². The molecule has 0 bridgehead atoms. The van der Waals surface area contributed by atoms with Crippen molar-refractivity contribution in [3.63, 3.8) is 0 Å². The summed E-state index contributed by atoms with van der Waals surface area (Å²) in [4.78, 5) is 36.3. The van der Waals surface area contributed by atoms with Gasteiger partial charge < -0.3 is 14.5 Å². The largest absolute Gasteiger partial charge is 0.494 e. The number of nitrogens with one attached hydrogen (secondary N) is 1. The molecule has 1 saturated heterocycles. The molecule has 0 saturated carbocycles. The smallest absolute Gasteiger partial charge is 0.274 e. The number of H-pyrrole nitrogens is 1. The molecule has 1 aliphatic rings. The maximum atomic E-state index is 12.6. The van der Waals surface area contributed by atoms with Gasteiger partial charge in [0, 0.05) is 43.9 Å². The van der Waals surface area contributed by atoms with Crippen molar-refractivity contribution in [3.8, 4) is 17.0 Å². The number of carbonyl (C=O) groups is 1. The maximum Gasteiger partial charge on any atom is 0.274 e. The summed E-state index contributed by atoms with van der Waals surface area (Å²) in [6.45, 7) is 4.96. The molecule has 0 radical (unpaired) electrons. The first-order chi connectivity index (χ1) is 14.6. The van der Waals surface area contributed by atoms with E-state index in [9.17, 15) is 9.59 Å². The van der Waals surface area contributed by atoms with E-state index < -0.39 is 0 Å². The zero-order chi connectivity index (χ0) is 20.9. The van der Waals surface area contributed by atoms with Crippen LogP contribution >= 0.6 is 0 Å². The number of hydrogen-bond donors (Lipinski definition) is 1. The van der Waals surface area contributed by atoms with E-state index in [0.29, 0.717) is 32.8 Å². The minimum Gasteiger partial charge on any atom is -0.494 e. The van der Waals surface area contributed by atoms with E-state index in [4.69, 9.17) is 4.74 Å². The van der Waals surface area contributed by atoms with Gasteiger partial charge in [-0.3, -0.25) is 9.59 Å². The molecule has 9 heteroatoms.